The summed E-state index contributed by atoms with van der Waals surface area (Å²) in [5, 5.41) is 1.26. The molecule has 110 valence electrons. The lowest BCUT2D eigenvalue weighted by atomic mass is 10.1. The summed E-state index contributed by atoms with van der Waals surface area (Å²) in [7, 11) is -0.668. The second-order valence-corrected chi connectivity index (χ2v) is 6.87. The van der Waals surface area contributed by atoms with Crippen LogP contribution in [0.5, 0.6) is 0 Å². The van der Waals surface area contributed by atoms with E-state index in [0.29, 0.717) is 6.10 Å². The Morgan fingerprint density at radius 2 is 2.20 bits per heavy atom. The van der Waals surface area contributed by atoms with E-state index < -0.39 is 9.76 Å². The van der Waals surface area contributed by atoms with Crippen molar-refractivity contribution in [1.82, 2.24) is 0 Å². The molecule has 4 heteroatoms. The molecular weight excluding hydrogens is 268 g/mol. The van der Waals surface area contributed by atoms with Gasteiger partial charge in [0.1, 0.15) is 6.10 Å². The van der Waals surface area contributed by atoms with Crippen molar-refractivity contribution in [2.75, 3.05) is 19.8 Å². The Hall–Kier alpha value is -0.943. The van der Waals surface area contributed by atoms with Gasteiger partial charge >= 0.3 is 0 Å². The van der Waals surface area contributed by atoms with Gasteiger partial charge in [0, 0.05) is 6.61 Å². The molecule has 1 aliphatic heterocycles. The van der Waals surface area contributed by atoms with E-state index in [0.717, 1.165) is 32.7 Å². The molecule has 0 bridgehead atoms. The van der Waals surface area contributed by atoms with Gasteiger partial charge in [0.2, 0.25) is 0 Å². The van der Waals surface area contributed by atoms with Gasteiger partial charge in [-0.25, -0.2) is 0 Å². The molecule has 1 heterocycles. The Kier molecular flexibility index (Phi) is 6.46. The molecule has 0 radical (unpaired) electrons. The van der Waals surface area contributed by atoms with E-state index in [1.54, 1.807) is 0 Å². The molecule has 0 N–H and O–H groups in total. The average molecular weight is 292 g/mol. The molecule has 1 aromatic carbocycles. The molecule has 2 atom stereocenters. The zero-order chi connectivity index (χ0) is 14.2. The number of allylic oxidation sites excluding steroid dienone is 1. The van der Waals surface area contributed by atoms with Gasteiger partial charge in [0.05, 0.1) is 19.3 Å². The minimum Gasteiger partial charge on any atom is -0.412 e. The van der Waals surface area contributed by atoms with Crippen LogP contribution in [0.4, 0.5) is 0 Å². The van der Waals surface area contributed by atoms with Crippen LogP contribution in [0.2, 0.25) is 0 Å². The number of benzene rings is 1. The van der Waals surface area contributed by atoms with E-state index in [4.69, 9.17) is 13.9 Å². The molecular formula is C16H24O3Si. The fourth-order valence-corrected chi connectivity index (χ4v) is 3.01. The summed E-state index contributed by atoms with van der Waals surface area (Å²) < 4.78 is 16.6. The highest BCUT2D eigenvalue weighted by molar-refractivity contribution is 6.37. The molecule has 0 spiro atoms. The van der Waals surface area contributed by atoms with Gasteiger partial charge in [-0.3, -0.25) is 0 Å². The normalized spacial score (nSPS) is 19.4. The van der Waals surface area contributed by atoms with Crippen molar-refractivity contribution < 1.29 is 13.9 Å². The van der Waals surface area contributed by atoms with Gasteiger partial charge in [0.15, 0.2) is 9.76 Å². The minimum absolute atomic E-state index is 0.169. The molecule has 2 unspecified atom stereocenters. The summed E-state index contributed by atoms with van der Waals surface area (Å²) in [6, 6.07) is 10.3. The molecule has 1 saturated heterocycles. The highest BCUT2D eigenvalue weighted by atomic mass is 28.2. The number of hydrogen-bond acceptors (Lipinski definition) is 3. The molecule has 0 aromatic heterocycles. The van der Waals surface area contributed by atoms with Gasteiger partial charge in [-0.05, 0) is 25.3 Å². The van der Waals surface area contributed by atoms with Crippen LogP contribution >= 0.6 is 0 Å². The first kappa shape index (κ1) is 15.4. The van der Waals surface area contributed by atoms with Crippen molar-refractivity contribution >= 4 is 9.76 Å². The SMILES string of the molecule is C=C(CCCOCC1CO1)[SiH2]OC(C)c1ccccc1. The van der Waals surface area contributed by atoms with E-state index >= 15 is 0 Å². The number of hydrogen-bond donors (Lipinski definition) is 0. The molecule has 1 aliphatic rings. The Morgan fingerprint density at radius 1 is 1.45 bits per heavy atom. The minimum atomic E-state index is -0.668. The third-order valence-corrected chi connectivity index (χ3v) is 4.76. The third-order valence-electron chi connectivity index (χ3n) is 3.33. The van der Waals surface area contributed by atoms with Crippen LogP contribution in [0.25, 0.3) is 0 Å². The number of ether oxygens (including phenoxy) is 2. The summed E-state index contributed by atoms with van der Waals surface area (Å²) in [4.78, 5) is 0. The number of epoxide rings is 1. The zero-order valence-electron chi connectivity index (χ0n) is 12.2. The van der Waals surface area contributed by atoms with Crippen LogP contribution in [0.3, 0.4) is 0 Å². The standard InChI is InChI=1S/C16H24O3Si/c1-13(7-6-10-17-11-16-12-18-16)20-19-14(2)15-8-4-3-5-9-15/h3-5,8-9,14,16H,1,6-7,10-12,20H2,2H3. The second kappa shape index (κ2) is 8.37. The van der Waals surface area contributed by atoms with E-state index in [-0.39, 0.29) is 6.10 Å². The zero-order valence-corrected chi connectivity index (χ0v) is 13.6. The predicted octanol–water partition coefficient (Wildman–Crippen LogP) is 2.56. The van der Waals surface area contributed by atoms with Crippen molar-refractivity contribution in [1.29, 1.82) is 0 Å². The summed E-state index contributed by atoms with van der Waals surface area (Å²) >= 11 is 0. The van der Waals surface area contributed by atoms with Crippen molar-refractivity contribution in [3.05, 3.63) is 47.7 Å². The first-order valence-electron chi connectivity index (χ1n) is 7.28. The molecule has 0 amide bonds. The maximum absolute atomic E-state index is 5.97. The monoisotopic (exact) mass is 292 g/mol. The van der Waals surface area contributed by atoms with Gasteiger partial charge < -0.3 is 13.9 Å². The Balaban J connectivity index is 1.52. The van der Waals surface area contributed by atoms with Crippen molar-refractivity contribution in [2.45, 2.75) is 32.0 Å². The Labute approximate surface area is 123 Å². The quantitative estimate of drug-likeness (QED) is 0.377. The first-order valence-corrected chi connectivity index (χ1v) is 8.56. The van der Waals surface area contributed by atoms with Crippen LogP contribution in [-0.2, 0) is 13.9 Å². The topological polar surface area (TPSA) is 31.0 Å². The molecule has 1 fully saturated rings. The van der Waals surface area contributed by atoms with Crippen LogP contribution in [0, 0.1) is 0 Å². The van der Waals surface area contributed by atoms with Crippen LogP contribution < -0.4 is 0 Å². The fraction of sp³-hybridized carbons (Fsp3) is 0.500. The van der Waals surface area contributed by atoms with Crippen molar-refractivity contribution in [3.8, 4) is 0 Å². The highest BCUT2D eigenvalue weighted by Gasteiger charge is 2.21. The molecule has 20 heavy (non-hydrogen) atoms. The van der Waals surface area contributed by atoms with Gasteiger partial charge in [-0.2, -0.15) is 0 Å². The van der Waals surface area contributed by atoms with E-state index in [1.807, 2.05) is 18.2 Å². The highest BCUT2D eigenvalue weighted by Crippen LogP contribution is 2.16. The Bertz CT molecular complexity index is 403. The van der Waals surface area contributed by atoms with Crippen LogP contribution in [-0.4, -0.2) is 35.7 Å². The lowest BCUT2D eigenvalue weighted by Gasteiger charge is -2.14. The molecule has 1 aromatic rings. The molecule has 3 nitrogen and oxygen atoms in total. The fourth-order valence-electron chi connectivity index (χ4n) is 1.94. The smallest absolute Gasteiger partial charge is 0.188 e. The summed E-state index contributed by atoms with van der Waals surface area (Å²) in [5.41, 5.74) is 1.24. The third kappa shape index (κ3) is 6.01. The molecule has 2 rings (SSSR count). The van der Waals surface area contributed by atoms with Gasteiger partial charge in [-0.15, -0.1) is 6.58 Å². The lowest BCUT2D eigenvalue weighted by Crippen LogP contribution is -2.08. The maximum atomic E-state index is 5.97. The average Bonchev–Trinajstić information content (AvgIpc) is 3.29. The van der Waals surface area contributed by atoms with Crippen molar-refractivity contribution in [2.24, 2.45) is 0 Å². The van der Waals surface area contributed by atoms with Gasteiger partial charge in [-0.1, -0.05) is 35.5 Å². The largest absolute Gasteiger partial charge is 0.412 e. The summed E-state index contributed by atoms with van der Waals surface area (Å²) in [6.45, 7) is 8.63. The summed E-state index contributed by atoms with van der Waals surface area (Å²) in [5.74, 6) is 0. The predicted molar refractivity (Wildman–Crippen MR) is 83.4 cm³/mol. The van der Waals surface area contributed by atoms with Gasteiger partial charge in [0.25, 0.3) is 0 Å². The van der Waals surface area contributed by atoms with Crippen LogP contribution in [0.15, 0.2) is 42.1 Å². The number of rotatable bonds is 10. The lowest BCUT2D eigenvalue weighted by molar-refractivity contribution is 0.115. The molecule has 0 saturated carbocycles. The van der Waals surface area contributed by atoms with Crippen molar-refractivity contribution in [3.63, 3.8) is 0 Å². The van der Waals surface area contributed by atoms with Crippen LogP contribution in [0.1, 0.15) is 31.4 Å². The summed E-state index contributed by atoms with van der Waals surface area (Å²) in [6.07, 6.45) is 2.58. The van der Waals surface area contributed by atoms with E-state index in [9.17, 15) is 0 Å². The first-order chi connectivity index (χ1) is 9.75. The Morgan fingerprint density at radius 3 is 2.90 bits per heavy atom. The molecule has 0 aliphatic carbocycles. The van der Waals surface area contributed by atoms with E-state index in [2.05, 4.69) is 25.6 Å². The van der Waals surface area contributed by atoms with E-state index in [1.165, 1.54) is 10.8 Å². The maximum Gasteiger partial charge on any atom is 0.188 e. The second-order valence-electron chi connectivity index (χ2n) is 5.25.